The summed E-state index contributed by atoms with van der Waals surface area (Å²) in [6, 6.07) is 3.33. The molecule has 4 nitrogen and oxygen atoms in total. The van der Waals surface area contributed by atoms with E-state index < -0.39 is 23.7 Å². The number of carboxylic acids is 1. The molecular formula is C15H21F2NO3. The van der Waals surface area contributed by atoms with Crippen LogP contribution >= 0.6 is 0 Å². The number of carbonyl (C=O) groups is 1. The van der Waals surface area contributed by atoms with E-state index in [4.69, 9.17) is 5.11 Å². The first-order valence-corrected chi connectivity index (χ1v) is 7.01. The Balaban J connectivity index is 2.53. The standard InChI is InChI=1S/C15H21F2NO3/c1-2-7-18(9-6-15(20)21)8-5-14(19)11-3-4-12(16)13(17)10-11/h3-4,10,14,19H,2,5-9H2,1H3,(H,20,21). The van der Waals surface area contributed by atoms with Crippen molar-refractivity contribution >= 4 is 5.97 Å². The number of halogens is 2. The third-order valence-electron chi connectivity index (χ3n) is 3.23. The molecule has 1 aromatic rings. The molecule has 0 amide bonds. The Morgan fingerprint density at radius 2 is 1.95 bits per heavy atom. The van der Waals surface area contributed by atoms with Gasteiger partial charge in [-0.2, -0.15) is 0 Å². The zero-order chi connectivity index (χ0) is 15.8. The Kier molecular flexibility index (Phi) is 7.25. The van der Waals surface area contributed by atoms with Crippen molar-refractivity contribution in [3.63, 3.8) is 0 Å². The molecule has 6 heteroatoms. The molecule has 1 aromatic carbocycles. The highest BCUT2D eigenvalue weighted by atomic mass is 19.2. The number of hydrogen-bond donors (Lipinski definition) is 2. The molecule has 0 radical (unpaired) electrons. The predicted molar refractivity (Wildman–Crippen MR) is 74.9 cm³/mol. The fraction of sp³-hybridized carbons (Fsp3) is 0.533. The lowest BCUT2D eigenvalue weighted by atomic mass is 10.1. The second-order valence-corrected chi connectivity index (χ2v) is 4.96. The van der Waals surface area contributed by atoms with Gasteiger partial charge in [-0.25, -0.2) is 8.78 Å². The van der Waals surface area contributed by atoms with E-state index in [0.717, 1.165) is 25.1 Å². The summed E-state index contributed by atoms with van der Waals surface area (Å²) in [6.07, 6.45) is 0.358. The van der Waals surface area contributed by atoms with Crippen molar-refractivity contribution in [1.82, 2.24) is 4.90 Å². The van der Waals surface area contributed by atoms with Crippen LogP contribution in [-0.4, -0.2) is 40.7 Å². The molecule has 21 heavy (non-hydrogen) atoms. The van der Waals surface area contributed by atoms with Gasteiger partial charge < -0.3 is 15.1 Å². The second-order valence-electron chi connectivity index (χ2n) is 4.96. The minimum Gasteiger partial charge on any atom is -0.481 e. The van der Waals surface area contributed by atoms with Crippen molar-refractivity contribution in [2.45, 2.75) is 32.3 Å². The van der Waals surface area contributed by atoms with E-state index in [0.29, 0.717) is 25.1 Å². The summed E-state index contributed by atoms with van der Waals surface area (Å²) in [5.74, 6) is -2.79. The number of benzene rings is 1. The topological polar surface area (TPSA) is 60.8 Å². The van der Waals surface area contributed by atoms with Crippen molar-refractivity contribution in [2.24, 2.45) is 0 Å². The molecule has 118 valence electrons. The summed E-state index contributed by atoms with van der Waals surface area (Å²) >= 11 is 0. The molecule has 1 rings (SSSR count). The third-order valence-corrected chi connectivity index (χ3v) is 3.23. The van der Waals surface area contributed by atoms with Crippen LogP contribution in [0.2, 0.25) is 0 Å². The Labute approximate surface area is 123 Å². The molecule has 0 aliphatic carbocycles. The molecule has 2 N–H and O–H groups in total. The van der Waals surface area contributed by atoms with Crippen molar-refractivity contribution in [1.29, 1.82) is 0 Å². The lowest BCUT2D eigenvalue weighted by Gasteiger charge is -2.22. The summed E-state index contributed by atoms with van der Waals surface area (Å²) in [5, 5.41) is 18.7. The van der Waals surface area contributed by atoms with Crippen LogP contribution in [0.4, 0.5) is 8.78 Å². The predicted octanol–water partition coefficient (Wildman–Crippen LogP) is 2.58. The first kappa shape index (κ1) is 17.5. The molecule has 0 bridgehead atoms. The Bertz CT molecular complexity index is 468. The van der Waals surface area contributed by atoms with Gasteiger partial charge >= 0.3 is 5.97 Å². The molecule has 0 spiro atoms. The lowest BCUT2D eigenvalue weighted by molar-refractivity contribution is -0.137. The number of rotatable bonds is 9. The highest BCUT2D eigenvalue weighted by Gasteiger charge is 2.13. The van der Waals surface area contributed by atoms with Crippen molar-refractivity contribution < 1.29 is 23.8 Å². The minimum absolute atomic E-state index is 0.0429. The van der Waals surface area contributed by atoms with Gasteiger partial charge in [0.2, 0.25) is 0 Å². The number of nitrogens with zero attached hydrogens (tertiary/aromatic N) is 1. The molecule has 1 unspecified atom stereocenters. The van der Waals surface area contributed by atoms with Crippen LogP contribution in [0.25, 0.3) is 0 Å². The maximum atomic E-state index is 13.1. The fourth-order valence-corrected chi connectivity index (χ4v) is 2.10. The molecule has 0 fully saturated rings. The van der Waals surface area contributed by atoms with Gasteiger partial charge in [-0.3, -0.25) is 4.79 Å². The monoisotopic (exact) mass is 301 g/mol. The van der Waals surface area contributed by atoms with Gasteiger partial charge in [-0.1, -0.05) is 13.0 Å². The SMILES string of the molecule is CCCN(CCC(=O)O)CCC(O)c1ccc(F)c(F)c1. The normalized spacial score (nSPS) is 12.6. The van der Waals surface area contributed by atoms with Crippen molar-refractivity contribution in [2.75, 3.05) is 19.6 Å². The highest BCUT2D eigenvalue weighted by Crippen LogP contribution is 2.19. The third kappa shape index (κ3) is 6.18. The molecule has 0 heterocycles. The zero-order valence-corrected chi connectivity index (χ0v) is 12.1. The lowest BCUT2D eigenvalue weighted by Crippen LogP contribution is -2.29. The number of hydrogen-bond acceptors (Lipinski definition) is 3. The van der Waals surface area contributed by atoms with Gasteiger partial charge in [0.1, 0.15) is 0 Å². The molecule has 0 saturated carbocycles. The summed E-state index contributed by atoms with van der Waals surface area (Å²) in [4.78, 5) is 12.5. The van der Waals surface area contributed by atoms with Gasteiger partial charge in [0.05, 0.1) is 12.5 Å². The summed E-state index contributed by atoms with van der Waals surface area (Å²) in [7, 11) is 0. The van der Waals surface area contributed by atoms with E-state index in [2.05, 4.69) is 0 Å². The van der Waals surface area contributed by atoms with Gasteiger partial charge in [0.15, 0.2) is 11.6 Å². The smallest absolute Gasteiger partial charge is 0.304 e. The van der Waals surface area contributed by atoms with Crippen LogP contribution in [0.3, 0.4) is 0 Å². The van der Waals surface area contributed by atoms with E-state index in [-0.39, 0.29) is 6.42 Å². The van der Waals surface area contributed by atoms with Crippen molar-refractivity contribution in [3.05, 3.63) is 35.4 Å². The molecule has 0 saturated heterocycles. The Hall–Kier alpha value is -1.53. The number of aliphatic hydroxyl groups is 1. The van der Waals surface area contributed by atoms with E-state index >= 15 is 0 Å². The molecule has 0 aliphatic heterocycles. The summed E-state index contributed by atoms with van der Waals surface area (Å²) in [6.45, 7) is 3.63. The number of aliphatic hydroxyl groups excluding tert-OH is 1. The second kappa shape index (κ2) is 8.69. The average Bonchev–Trinajstić information content (AvgIpc) is 2.44. The molecule has 0 aromatic heterocycles. The van der Waals surface area contributed by atoms with Gasteiger partial charge in [0, 0.05) is 13.1 Å². The van der Waals surface area contributed by atoms with Gasteiger partial charge in [-0.15, -0.1) is 0 Å². The van der Waals surface area contributed by atoms with E-state index in [1.807, 2.05) is 11.8 Å². The van der Waals surface area contributed by atoms with Crippen LogP contribution in [-0.2, 0) is 4.79 Å². The molecule has 0 aliphatic rings. The zero-order valence-electron chi connectivity index (χ0n) is 12.1. The number of carboxylic acid groups (broad SMARTS) is 1. The maximum Gasteiger partial charge on any atom is 0.304 e. The van der Waals surface area contributed by atoms with Crippen LogP contribution in [0.5, 0.6) is 0 Å². The van der Waals surface area contributed by atoms with E-state index in [9.17, 15) is 18.7 Å². The average molecular weight is 301 g/mol. The quantitative estimate of drug-likeness (QED) is 0.736. The first-order valence-electron chi connectivity index (χ1n) is 7.01. The summed E-state index contributed by atoms with van der Waals surface area (Å²) in [5.41, 5.74) is 0.323. The van der Waals surface area contributed by atoms with Crippen molar-refractivity contribution in [3.8, 4) is 0 Å². The highest BCUT2D eigenvalue weighted by molar-refractivity contribution is 5.66. The van der Waals surface area contributed by atoms with Crippen LogP contribution in [0.1, 0.15) is 37.9 Å². The maximum absolute atomic E-state index is 13.1. The number of aliphatic carboxylic acids is 1. The van der Waals surface area contributed by atoms with Gasteiger partial charge in [0.25, 0.3) is 0 Å². The van der Waals surface area contributed by atoms with Crippen LogP contribution in [0, 0.1) is 11.6 Å². The Morgan fingerprint density at radius 3 is 2.52 bits per heavy atom. The Morgan fingerprint density at radius 1 is 1.24 bits per heavy atom. The van der Waals surface area contributed by atoms with E-state index in [1.54, 1.807) is 0 Å². The van der Waals surface area contributed by atoms with Crippen LogP contribution in [0.15, 0.2) is 18.2 Å². The first-order chi connectivity index (χ1) is 9.93. The molecular weight excluding hydrogens is 280 g/mol. The van der Waals surface area contributed by atoms with Crippen LogP contribution < -0.4 is 0 Å². The molecule has 1 atom stereocenters. The van der Waals surface area contributed by atoms with Gasteiger partial charge in [-0.05, 0) is 37.1 Å². The van der Waals surface area contributed by atoms with E-state index in [1.165, 1.54) is 6.07 Å². The summed E-state index contributed by atoms with van der Waals surface area (Å²) < 4.78 is 25.9. The fourth-order valence-electron chi connectivity index (χ4n) is 2.10. The largest absolute Gasteiger partial charge is 0.481 e. The minimum atomic E-state index is -0.983.